The van der Waals surface area contributed by atoms with E-state index in [0.717, 1.165) is 4.90 Å². The first-order chi connectivity index (χ1) is 15.3. The van der Waals surface area contributed by atoms with Gasteiger partial charge < -0.3 is 10.1 Å². The molecule has 0 radical (unpaired) electrons. The number of rotatable bonds is 7. The van der Waals surface area contributed by atoms with Crippen molar-refractivity contribution in [3.63, 3.8) is 0 Å². The second-order valence-electron chi connectivity index (χ2n) is 6.72. The second kappa shape index (κ2) is 9.88. The molecule has 1 N–H and O–H groups in total. The molecule has 3 aromatic carbocycles. The van der Waals surface area contributed by atoms with Crippen LogP contribution in [0.4, 0.5) is 11.4 Å². The maximum absolute atomic E-state index is 12.9. The van der Waals surface area contributed by atoms with Gasteiger partial charge in [-0.2, -0.15) is 0 Å². The van der Waals surface area contributed by atoms with E-state index in [1.807, 2.05) is 6.26 Å². The van der Waals surface area contributed by atoms with Crippen molar-refractivity contribution in [1.82, 2.24) is 0 Å². The summed E-state index contributed by atoms with van der Waals surface area (Å²) in [6.45, 7) is 0. The standard InChI is InChI=1S/C23H22N2O5S2/c1-25(32(28,29)21-13-11-20(31-3)12-14-21)19-9-7-16(8-10-19)22(26)24-18-6-4-5-17(15-18)23(27)30-2/h4-15H,1-3H3,(H,24,26). The Morgan fingerprint density at radius 2 is 1.59 bits per heavy atom. The number of thioether (sulfide) groups is 1. The van der Waals surface area contributed by atoms with Gasteiger partial charge in [0.15, 0.2) is 0 Å². The van der Waals surface area contributed by atoms with Crippen molar-refractivity contribution in [3.05, 3.63) is 83.9 Å². The lowest BCUT2D eigenvalue weighted by Gasteiger charge is -2.20. The molecule has 0 saturated heterocycles. The first kappa shape index (κ1) is 23.4. The van der Waals surface area contributed by atoms with Crippen LogP contribution in [0.1, 0.15) is 20.7 Å². The van der Waals surface area contributed by atoms with Crippen molar-refractivity contribution < 1.29 is 22.7 Å². The van der Waals surface area contributed by atoms with E-state index >= 15 is 0 Å². The maximum atomic E-state index is 12.9. The quantitative estimate of drug-likeness (QED) is 0.409. The van der Waals surface area contributed by atoms with Crippen molar-refractivity contribution in [2.24, 2.45) is 0 Å². The number of ether oxygens (including phenoxy) is 1. The van der Waals surface area contributed by atoms with Gasteiger partial charge in [-0.1, -0.05) is 6.07 Å². The van der Waals surface area contributed by atoms with E-state index < -0.39 is 21.9 Å². The highest BCUT2D eigenvalue weighted by atomic mass is 32.2. The summed E-state index contributed by atoms with van der Waals surface area (Å²) in [5.41, 5.74) is 1.52. The zero-order chi connectivity index (χ0) is 23.3. The molecule has 0 aliphatic heterocycles. The smallest absolute Gasteiger partial charge is 0.337 e. The van der Waals surface area contributed by atoms with E-state index in [-0.39, 0.29) is 4.90 Å². The molecule has 0 saturated carbocycles. The van der Waals surface area contributed by atoms with Gasteiger partial charge in [-0.25, -0.2) is 13.2 Å². The predicted octanol–water partition coefficient (Wildman–Crippen LogP) is 4.27. The average Bonchev–Trinajstić information content (AvgIpc) is 2.83. The van der Waals surface area contributed by atoms with Crippen LogP contribution in [0.5, 0.6) is 0 Å². The molecule has 166 valence electrons. The molecule has 0 heterocycles. The number of hydrogen-bond acceptors (Lipinski definition) is 6. The maximum Gasteiger partial charge on any atom is 0.337 e. The number of nitrogens with zero attached hydrogens (tertiary/aromatic N) is 1. The summed E-state index contributed by atoms with van der Waals surface area (Å²) in [4.78, 5) is 25.4. The highest BCUT2D eigenvalue weighted by Gasteiger charge is 2.21. The van der Waals surface area contributed by atoms with Gasteiger partial charge in [0.25, 0.3) is 15.9 Å². The van der Waals surface area contributed by atoms with Gasteiger partial charge in [0.2, 0.25) is 0 Å². The zero-order valence-electron chi connectivity index (χ0n) is 17.7. The van der Waals surface area contributed by atoms with Crippen molar-refractivity contribution in [2.75, 3.05) is 30.0 Å². The monoisotopic (exact) mass is 470 g/mol. The molecule has 0 fully saturated rings. The van der Waals surface area contributed by atoms with Gasteiger partial charge in [-0.15, -0.1) is 11.8 Å². The molecule has 3 aromatic rings. The molecule has 3 rings (SSSR count). The first-order valence-electron chi connectivity index (χ1n) is 9.49. The Hall–Kier alpha value is -3.30. The van der Waals surface area contributed by atoms with Crippen LogP contribution in [-0.4, -0.2) is 40.7 Å². The third-order valence-corrected chi connectivity index (χ3v) is 7.30. The number of carbonyl (C=O) groups is 2. The van der Waals surface area contributed by atoms with Crippen molar-refractivity contribution >= 4 is 45.0 Å². The highest BCUT2D eigenvalue weighted by molar-refractivity contribution is 7.98. The number of carbonyl (C=O) groups excluding carboxylic acids is 2. The molecule has 7 nitrogen and oxygen atoms in total. The summed E-state index contributed by atoms with van der Waals surface area (Å²) in [5, 5.41) is 2.71. The molecule has 0 bridgehead atoms. The Balaban J connectivity index is 1.75. The van der Waals surface area contributed by atoms with Crippen molar-refractivity contribution in [3.8, 4) is 0 Å². The highest BCUT2D eigenvalue weighted by Crippen LogP contribution is 2.24. The van der Waals surface area contributed by atoms with Crippen LogP contribution in [0.25, 0.3) is 0 Å². The molecular formula is C23H22N2O5S2. The van der Waals surface area contributed by atoms with Crippen LogP contribution in [0.2, 0.25) is 0 Å². The van der Waals surface area contributed by atoms with Gasteiger partial charge in [-0.3, -0.25) is 9.10 Å². The normalized spacial score (nSPS) is 11.0. The number of nitrogens with one attached hydrogen (secondary N) is 1. The lowest BCUT2D eigenvalue weighted by molar-refractivity contribution is 0.0600. The van der Waals surface area contributed by atoms with Gasteiger partial charge in [-0.05, 0) is 73.0 Å². The number of methoxy groups -OCH3 is 1. The minimum absolute atomic E-state index is 0.185. The lowest BCUT2D eigenvalue weighted by atomic mass is 10.1. The predicted molar refractivity (Wildman–Crippen MR) is 126 cm³/mol. The van der Waals surface area contributed by atoms with Crippen molar-refractivity contribution in [2.45, 2.75) is 9.79 Å². The van der Waals surface area contributed by atoms with Crippen LogP contribution >= 0.6 is 11.8 Å². The number of amides is 1. The average molecular weight is 471 g/mol. The van der Waals surface area contributed by atoms with Crippen LogP contribution < -0.4 is 9.62 Å². The van der Waals surface area contributed by atoms with Crippen LogP contribution in [0.3, 0.4) is 0 Å². The molecule has 0 unspecified atom stereocenters. The summed E-state index contributed by atoms with van der Waals surface area (Å²) >= 11 is 1.53. The van der Waals surface area contributed by atoms with Crippen LogP contribution in [0, 0.1) is 0 Å². The minimum Gasteiger partial charge on any atom is -0.465 e. The van der Waals surface area contributed by atoms with E-state index in [9.17, 15) is 18.0 Å². The first-order valence-corrected chi connectivity index (χ1v) is 12.2. The molecule has 0 aliphatic rings. The number of hydrogen-bond donors (Lipinski definition) is 1. The molecule has 1 amide bonds. The molecule has 0 spiro atoms. The van der Waals surface area contributed by atoms with E-state index in [1.165, 1.54) is 48.4 Å². The summed E-state index contributed by atoms with van der Waals surface area (Å²) in [5.74, 6) is -0.894. The SMILES string of the molecule is COC(=O)c1cccc(NC(=O)c2ccc(N(C)S(=O)(=O)c3ccc(SC)cc3)cc2)c1. The Bertz CT molecular complexity index is 1220. The molecule has 0 atom stereocenters. The second-order valence-corrected chi connectivity index (χ2v) is 9.57. The third kappa shape index (κ3) is 5.12. The summed E-state index contributed by atoms with van der Waals surface area (Å²) in [6.07, 6.45) is 1.92. The Kier molecular flexibility index (Phi) is 7.22. The number of benzene rings is 3. The lowest BCUT2D eigenvalue weighted by Crippen LogP contribution is -2.26. The Morgan fingerprint density at radius 3 is 2.19 bits per heavy atom. The Labute approximate surface area is 191 Å². The van der Waals surface area contributed by atoms with Crippen LogP contribution in [0.15, 0.2) is 82.6 Å². The minimum atomic E-state index is -3.73. The molecule has 0 aliphatic carbocycles. The largest absolute Gasteiger partial charge is 0.465 e. The van der Waals surface area contributed by atoms with E-state index in [2.05, 4.69) is 10.1 Å². The summed E-state index contributed by atoms with van der Waals surface area (Å²) in [6, 6.07) is 19.3. The fraction of sp³-hybridized carbons (Fsp3) is 0.130. The Morgan fingerprint density at radius 1 is 0.938 bits per heavy atom. The zero-order valence-corrected chi connectivity index (χ0v) is 19.4. The molecule has 9 heteroatoms. The van der Waals surface area contributed by atoms with Gasteiger partial charge in [0.1, 0.15) is 0 Å². The van der Waals surface area contributed by atoms with Gasteiger partial charge in [0.05, 0.1) is 23.3 Å². The molecular weight excluding hydrogens is 448 g/mol. The van der Waals surface area contributed by atoms with Gasteiger partial charge in [0, 0.05) is 23.2 Å². The van der Waals surface area contributed by atoms with E-state index in [0.29, 0.717) is 22.5 Å². The van der Waals surface area contributed by atoms with E-state index in [4.69, 9.17) is 0 Å². The number of esters is 1. The number of anilines is 2. The fourth-order valence-electron chi connectivity index (χ4n) is 2.91. The van der Waals surface area contributed by atoms with Gasteiger partial charge >= 0.3 is 5.97 Å². The fourth-order valence-corrected chi connectivity index (χ4v) is 4.52. The van der Waals surface area contributed by atoms with Crippen LogP contribution in [-0.2, 0) is 14.8 Å². The topological polar surface area (TPSA) is 92.8 Å². The number of sulfonamides is 1. The van der Waals surface area contributed by atoms with E-state index in [1.54, 1.807) is 54.6 Å². The molecule has 32 heavy (non-hydrogen) atoms. The third-order valence-electron chi connectivity index (χ3n) is 4.75. The molecule has 0 aromatic heterocycles. The summed E-state index contributed by atoms with van der Waals surface area (Å²) in [7, 11) is -0.988. The van der Waals surface area contributed by atoms with Crippen molar-refractivity contribution in [1.29, 1.82) is 0 Å². The summed E-state index contributed by atoms with van der Waals surface area (Å²) < 4.78 is 31.7.